The van der Waals surface area contributed by atoms with Gasteiger partial charge in [-0.3, -0.25) is 4.79 Å². The van der Waals surface area contributed by atoms with Crippen molar-refractivity contribution in [3.05, 3.63) is 0 Å². The van der Waals surface area contributed by atoms with Gasteiger partial charge in [-0.15, -0.1) is 0 Å². The minimum Gasteiger partial charge on any atom is -0.465 e. The summed E-state index contributed by atoms with van der Waals surface area (Å²) in [4.78, 5) is 21.4. The fourth-order valence-electron chi connectivity index (χ4n) is 2.58. The number of ether oxygens (including phenoxy) is 1. The molecule has 130 valence electrons. The highest BCUT2D eigenvalue weighted by Gasteiger charge is 2.01. The average Bonchev–Trinajstić information content (AvgIpc) is 2.52. The van der Waals surface area contributed by atoms with Crippen LogP contribution in [0.5, 0.6) is 0 Å². The minimum absolute atomic E-state index is 0.162. The van der Waals surface area contributed by atoms with Crippen LogP contribution < -0.4 is 0 Å². The van der Waals surface area contributed by atoms with Crippen LogP contribution in [0, 0.1) is 0 Å². The normalized spacial score (nSPS) is 10.6. The molecule has 0 saturated carbocycles. The topological polar surface area (TPSA) is 43.4 Å². The van der Waals surface area contributed by atoms with Gasteiger partial charge < -0.3 is 9.53 Å². The SMILES string of the molecule is CCCCCCCCCCCCCCCC(=O)OCCC=O. The predicted octanol–water partition coefficient (Wildman–Crippen LogP) is 5.60. The van der Waals surface area contributed by atoms with Crippen LogP contribution in [0.15, 0.2) is 0 Å². The van der Waals surface area contributed by atoms with Crippen LogP contribution in [0.25, 0.3) is 0 Å². The Morgan fingerprint density at radius 2 is 1.23 bits per heavy atom. The van der Waals surface area contributed by atoms with Gasteiger partial charge in [0.25, 0.3) is 0 Å². The molecule has 0 aromatic carbocycles. The van der Waals surface area contributed by atoms with Crippen molar-refractivity contribution in [2.45, 2.75) is 103 Å². The van der Waals surface area contributed by atoms with Crippen LogP contribution in [0.1, 0.15) is 103 Å². The van der Waals surface area contributed by atoms with E-state index in [1.54, 1.807) is 0 Å². The Labute approximate surface area is 137 Å². The summed E-state index contributed by atoms with van der Waals surface area (Å²) in [5.74, 6) is -0.162. The smallest absolute Gasteiger partial charge is 0.305 e. The lowest BCUT2D eigenvalue weighted by Gasteiger charge is -2.04. The molecule has 0 spiro atoms. The van der Waals surface area contributed by atoms with E-state index in [2.05, 4.69) is 6.92 Å². The minimum atomic E-state index is -0.162. The summed E-state index contributed by atoms with van der Waals surface area (Å²) in [6.07, 6.45) is 18.6. The lowest BCUT2D eigenvalue weighted by atomic mass is 10.0. The van der Waals surface area contributed by atoms with E-state index in [1.165, 1.54) is 70.6 Å². The van der Waals surface area contributed by atoms with E-state index in [0.29, 0.717) is 12.8 Å². The Morgan fingerprint density at radius 1 is 0.773 bits per heavy atom. The van der Waals surface area contributed by atoms with Crippen molar-refractivity contribution in [3.63, 3.8) is 0 Å². The highest BCUT2D eigenvalue weighted by Crippen LogP contribution is 2.13. The molecular formula is C19H36O3. The third-order valence-corrected chi connectivity index (χ3v) is 3.98. The first-order chi connectivity index (χ1) is 10.8. The molecule has 0 amide bonds. The third-order valence-electron chi connectivity index (χ3n) is 3.98. The van der Waals surface area contributed by atoms with Crippen molar-refractivity contribution >= 4 is 12.3 Å². The summed E-state index contributed by atoms with van der Waals surface area (Å²) < 4.78 is 4.92. The maximum atomic E-state index is 11.3. The van der Waals surface area contributed by atoms with Gasteiger partial charge >= 0.3 is 5.97 Å². The summed E-state index contributed by atoms with van der Waals surface area (Å²) in [5.41, 5.74) is 0. The molecular weight excluding hydrogens is 276 g/mol. The first-order valence-electron chi connectivity index (χ1n) is 9.40. The number of carbonyl (C=O) groups excluding carboxylic acids is 2. The third kappa shape index (κ3) is 17.2. The lowest BCUT2D eigenvalue weighted by molar-refractivity contribution is -0.144. The zero-order valence-corrected chi connectivity index (χ0v) is 14.6. The molecule has 3 heteroatoms. The molecule has 0 aliphatic rings. The van der Waals surface area contributed by atoms with Crippen molar-refractivity contribution in [1.29, 1.82) is 0 Å². The first kappa shape index (κ1) is 21.1. The number of esters is 1. The van der Waals surface area contributed by atoms with E-state index in [-0.39, 0.29) is 12.6 Å². The Bertz CT molecular complexity index is 251. The van der Waals surface area contributed by atoms with E-state index in [1.807, 2.05) is 0 Å². The lowest BCUT2D eigenvalue weighted by Crippen LogP contribution is -2.05. The van der Waals surface area contributed by atoms with Crippen molar-refractivity contribution in [2.24, 2.45) is 0 Å². The summed E-state index contributed by atoms with van der Waals surface area (Å²) >= 11 is 0. The molecule has 0 atom stereocenters. The van der Waals surface area contributed by atoms with Gasteiger partial charge in [-0.2, -0.15) is 0 Å². The second kappa shape index (κ2) is 18.2. The summed E-state index contributed by atoms with van der Waals surface area (Å²) in [6, 6.07) is 0. The van der Waals surface area contributed by atoms with Crippen molar-refractivity contribution in [1.82, 2.24) is 0 Å². The fourth-order valence-corrected chi connectivity index (χ4v) is 2.58. The maximum Gasteiger partial charge on any atom is 0.305 e. The van der Waals surface area contributed by atoms with E-state index >= 15 is 0 Å². The monoisotopic (exact) mass is 312 g/mol. The highest BCUT2D eigenvalue weighted by atomic mass is 16.5. The summed E-state index contributed by atoms with van der Waals surface area (Å²) in [5, 5.41) is 0. The summed E-state index contributed by atoms with van der Waals surface area (Å²) in [6.45, 7) is 2.50. The second-order valence-corrected chi connectivity index (χ2v) is 6.17. The van der Waals surface area contributed by atoms with Crippen molar-refractivity contribution < 1.29 is 14.3 Å². The Balaban J connectivity index is 3.08. The van der Waals surface area contributed by atoms with Crippen LogP contribution in [0.4, 0.5) is 0 Å². The molecule has 3 nitrogen and oxygen atoms in total. The number of carbonyl (C=O) groups is 2. The zero-order valence-electron chi connectivity index (χ0n) is 14.6. The molecule has 0 N–H and O–H groups in total. The molecule has 0 aliphatic carbocycles. The number of hydrogen-bond donors (Lipinski definition) is 0. The molecule has 0 rings (SSSR count). The quantitative estimate of drug-likeness (QED) is 0.199. The molecule has 0 aromatic rings. The molecule has 0 unspecified atom stereocenters. The van der Waals surface area contributed by atoms with E-state index in [9.17, 15) is 9.59 Å². The maximum absolute atomic E-state index is 11.3. The van der Waals surface area contributed by atoms with Crippen LogP contribution in [-0.2, 0) is 14.3 Å². The Morgan fingerprint density at radius 3 is 1.68 bits per heavy atom. The van der Waals surface area contributed by atoms with Crippen LogP contribution in [-0.4, -0.2) is 18.9 Å². The van der Waals surface area contributed by atoms with Gasteiger partial charge in [0, 0.05) is 12.8 Å². The molecule has 0 aromatic heterocycles. The van der Waals surface area contributed by atoms with Gasteiger partial charge in [0.2, 0.25) is 0 Å². The van der Waals surface area contributed by atoms with Crippen LogP contribution in [0.2, 0.25) is 0 Å². The van der Waals surface area contributed by atoms with Crippen molar-refractivity contribution in [3.8, 4) is 0 Å². The molecule has 0 saturated heterocycles. The predicted molar refractivity (Wildman–Crippen MR) is 92.0 cm³/mol. The second-order valence-electron chi connectivity index (χ2n) is 6.17. The number of aldehydes is 1. The van der Waals surface area contributed by atoms with Gasteiger partial charge in [0.15, 0.2) is 0 Å². The van der Waals surface area contributed by atoms with E-state index in [4.69, 9.17) is 4.74 Å². The zero-order chi connectivity index (χ0) is 16.3. The van der Waals surface area contributed by atoms with Gasteiger partial charge in [-0.1, -0.05) is 84.0 Å². The summed E-state index contributed by atoms with van der Waals surface area (Å²) in [7, 11) is 0. The molecule has 0 heterocycles. The van der Waals surface area contributed by atoms with Gasteiger partial charge in [-0.25, -0.2) is 0 Å². The average molecular weight is 312 g/mol. The number of hydrogen-bond acceptors (Lipinski definition) is 3. The van der Waals surface area contributed by atoms with Gasteiger partial charge in [-0.05, 0) is 6.42 Å². The van der Waals surface area contributed by atoms with Gasteiger partial charge in [0.1, 0.15) is 6.29 Å². The molecule has 0 aliphatic heterocycles. The molecule has 0 bridgehead atoms. The highest BCUT2D eigenvalue weighted by molar-refractivity contribution is 5.69. The molecule has 22 heavy (non-hydrogen) atoms. The standard InChI is InChI=1S/C19H36O3/c1-2-3-4-5-6-7-8-9-10-11-12-13-14-16-19(21)22-18-15-17-20/h17H,2-16,18H2,1H3. The molecule has 0 radical (unpaired) electrons. The van der Waals surface area contributed by atoms with E-state index in [0.717, 1.165) is 19.1 Å². The Kier molecular flexibility index (Phi) is 17.5. The first-order valence-corrected chi connectivity index (χ1v) is 9.40. The largest absolute Gasteiger partial charge is 0.465 e. The van der Waals surface area contributed by atoms with E-state index < -0.39 is 0 Å². The Hall–Kier alpha value is -0.860. The molecule has 0 fully saturated rings. The number of rotatable bonds is 17. The fraction of sp³-hybridized carbons (Fsp3) is 0.895. The van der Waals surface area contributed by atoms with Crippen LogP contribution >= 0.6 is 0 Å². The van der Waals surface area contributed by atoms with Gasteiger partial charge in [0.05, 0.1) is 6.61 Å². The van der Waals surface area contributed by atoms with Crippen LogP contribution in [0.3, 0.4) is 0 Å². The number of unbranched alkanes of at least 4 members (excludes halogenated alkanes) is 12. The van der Waals surface area contributed by atoms with Crippen molar-refractivity contribution in [2.75, 3.05) is 6.61 Å².